The summed E-state index contributed by atoms with van der Waals surface area (Å²) in [6, 6.07) is 4.32. The molecule has 0 amide bonds. The Morgan fingerprint density at radius 3 is 2.69 bits per heavy atom. The number of aromatic carboxylic acids is 1. The first-order valence-corrected chi connectivity index (χ1v) is 9.50. The average Bonchev–Trinajstić information content (AvgIpc) is 3.10. The molecule has 1 atom stereocenters. The number of aryl methyl sites for hydroxylation is 1. The maximum atomic E-state index is 11.4. The van der Waals surface area contributed by atoms with Crippen molar-refractivity contribution >= 4 is 46.2 Å². The predicted molar refractivity (Wildman–Crippen MR) is 110 cm³/mol. The molecular formula is C18H22ClN7O3. The minimum Gasteiger partial charge on any atom is -0.478 e. The Kier molecular flexibility index (Phi) is 6.14. The number of carbonyl (C=O) groups is 1. The lowest BCUT2D eigenvalue weighted by Crippen LogP contribution is -2.30. The minimum atomic E-state index is -1.13. The topological polar surface area (TPSA) is 138 Å². The highest BCUT2D eigenvalue weighted by atomic mass is 35.5. The van der Waals surface area contributed by atoms with E-state index in [1.54, 1.807) is 10.7 Å². The Balaban J connectivity index is 2.05. The number of halogens is 1. The second kappa shape index (κ2) is 8.58. The van der Waals surface area contributed by atoms with Gasteiger partial charge >= 0.3 is 5.97 Å². The first kappa shape index (κ1) is 20.7. The van der Waals surface area contributed by atoms with Crippen molar-refractivity contribution < 1.29 is 15.0 Å². The fourth-order valence-corrected chi connectivity index (χ4v) is 2.91. The van der Waals surface area contributed by atoms with Crippen molar-refractivity contribution in [2.75, 3.05) is 17.2 Å². The van der Waals surface area contributed by atoms with E-state index < -0.39 is 5.97 Å². The van der Waals surface area contributed by atoms with Gasteiger partial charge in [-0.2, -0.15) is 9.97 Å². The molecule has 1 aromatic carbocycles. The lowest BCUT2D eigenvalue weighted by molar-refractivity contribution is 0.0697. The van der Waals surface area contributed by atoms with E-state index in [1.165, 1.54) is 12.1 Å². The third-order valence-corrected chi connectivity index (χ3v) is 4.77. The zero-order chi connectivity index (χ0) is 21.1. The van der Waals surface area contributed by atoms with E-state index in [0.717, 1.165) is 0 Å². The number of carboxylic acids is 1. The quantitative estimate of drug-likeness (QED) is 0.434. The van der Waals surface area contributed by atoms with Crippen molar-refractivity contribution in [2.45, 2.75) is 33.4 Å². The van der Waals surface area contributed by atoms with Crippen LogP contribution in [0.15, 0.2) is 18.2 Å². The number of benzene rings is 1. The number of rotatable bonds is 8. The van der Waals surface area contributed by atoms with E-state index >= 15 is 0 Å². The van der Waals surface area contributed by atoms with Gasteiger partial charge in [0.05, 0.1) is 23.2 Å². The van der Waals surface area contributed by atoms with Crippen LogP contribution in [-0.4, -0.2) is 53.8 Å². The first-order chi connectivity index (χ1) is 13.8. The van der Waals surface area contributed by atoms with Crippen LogP contribution < -0.4 is 10.6 Å². The highest BCUT2D eigenvalue weighted by Gasteiger charge is 2.19. The van der Waals surface area contributed by atoms with Crippen LogP contribution in [0.2, 0.25) is 5.02 Å². The van der Waals surface area contributed by atoms with Crippen molar-refractivity contribution in [3.8, 4) is 0 Å². The van der Waals surface area contributed by atoms with E-state index in [0.29, 0.717) is 35.2 Å². The Bertz CT molecular complexity index is 1040. The number of nitrogens with zero attached hydrogens (tertiary/aromatic N) is 5. The summed E-state index contributed by atoms with van der Waals surface area (Å²) in [5.74, 6) is -0.318. The third-order valence-electron chi connectivity index (χ3n) is 4.44. The Morgan fingerprint density at radius 2 is 2.07 bits per heavy atom. The average molecular weight is 420 g/mol. The molecule has 1 unspecified atom stereocenters. The molecule has 11 heteroatoms. The van der Waals surface area contributed by atoms with Crippen LogP contribution in [0, 0.1) is 5.92 Å². The zero-order valence-electron chi connectivity index (χ0n) is 16.2. The van der Waals surface area contributed by atoms with Crippen molar-refractivity contribution in [1.29, 1.82) is 0 Å². The molecule has 0 aliphatic rings. The molecule has 0 aliphatic carbocycles. The SMILES string of the molecule is CCn1nnc2c(Nc3ccc(Cl)c(C(=O)O)c3)nc(NC(CO)C(C)C)nc21. The maximum Gasteiger partial charge on any atom is 0.337 e. The molecule has 0 radical (unpaired) electrons. The zero-order valence-corrected chi connectivity index (χ0v) is 17.0. The van der Waals surface area contributed by atoms with E-state index in [-0.39, 0.29) is 29.2 Å². The molecule has 0 bridgehead atoms. The third kappa shape index (κ3) is 4.38. The minimum absolute atomic E-state index is 0.0299. The lowest BCUT2D eigenvalue weighted by Gasteiger charge is -2.20. The monoisotopic (exact) mass is 419 g/mol. The molecule has 0 fully saturated rings. The molecule has 3 rings (SSSR count). The van der Waals surface area contributed by atoms with Gasteiger partial charge in [0.15, 0.2) is 17.0 Å². The summed E-state index contributed by atoms with van der Waals surface area (Å²) in [6.07, 6.45) is 0. The van der Waals surface area contributed by atoms with Crippen molar-refractivity contribution in [3.63, 3.8) is 0 Å². The number of hydrogen-bond donors (Lipinski definition) is 4. The van der Waals surface area contributed by atoms with Crippen LogP contribution in [0.4, 0.5) is 17.5 Å². The molecule has 10 nitrogen and oxygen atoms in total. The fourth-order valence-electron chi connectivity index (χ4n) is 2.71. The van der Waals surface area contributed by atoms with Gasteiger partial charge in [0.25, 0.3) is 0 Å². The van der Waals surface area contributed by atoms with E-state index in [1.807, 2.05) is 20.8 Å². The van der Waals surface area contributed by atoms with Gasteiger partial charge in [-0.1, -0.05) is 30.7 Å². The van der Waals surface area contributed by atoms with Crippen LogP contribution in [-0.2, 0) is 6.54 Å². The maximum absolute atomic E-state index is 11.4. The number of aliphatic hydroxyl groups is 1. The van der Waals surface area contributed by atoms with E-state index in [9.17, 15) is 15.0 Å². The van der Waals surface area contributed by atoms with Crippen molar-refractivity contribution in [1.82, 2.24) is 25.0 Å². The molecule has 154 valence electrons. The van der Waals surface area contributed by atoms with Crippen molar-refractivity contribution in [2.24, 2.45) is 5.92 Å². The summed E-state index contributed by atoms with van der Waals surface area (Å²) in [7, 11) is 0. The van der Waals surface area contributed by atoms with Gasteiger partial charge in [0, 0.05) is 12.2 Å². The summed E-state index contributed by atoms with van der Waals surface area (Å²) in [4.78, 5) is 20.3. The van der Waals surface area contributed by atoms with Gasteiger partial charge in [-0.05, 0) is 31.0 Å². The summed E-state index contributed by atoms with van der Waals surface area (Å²) in [5, 5.41) is 33.5. The Morgan fingerprint density at radius 1 is 1.31 bits per heavy atom. The molecule has 4 N–H and O–H groups in total. The smallest absolute Gasteiger partial charge is 0.337 e. The fraction of sp³-hybridized carbons (Fsp3) is 0.389. The first-order valence-electron chi connectivity index (χ1n) is 9.12. The number of anilines is 3. The highest BCUT2D eigenvalue weighted by Crippen LogP contribution is 2.27. The standard InChI is InChI=1S/C18H22ClN7O3/c1-4-26-16-14(24-25-26)15(22-18(23-16)21-13(8-27)9(2)3)20-10-5-6-12(19)11(7-10)17(28)29/h5-7,9,13,27H,4,8H2,1-3H3,(H,28,29)(H2,20,21,22,23). The second-order valence-electron chi connectivity index (χ2n) is 6.78. The van der Waals surface area contributed by atoms with Gasteiger partial charge in [-0.15, -0.1) is 5.10 Å². The second-order valence-corrected chi connectivity index (χ2v) is 7.18. The number of hydrogen-bond acceptors (Lipinski definition) is 8. The Hall–Kier alpha value is -2.98. The van der Waals surface area contributed by atoms with Crippen LogP contribution in [0.1, 0.15) is 31.1 Å². The van der Waals surface area contributed by atoms with Gasteiger partial charge in [0.1, 0.15) is 0 Å². The van der Waals surface area contributed by atoms with Crippen molar-refractivity contribution in [3.05, 3.63) is 28.8 Å². The van der Waals surface area contributed by atoms with Crippen LogP contribution in [0.3, 0.4) is 0 Å². The molecule has 0 aliphatic heterocycles. The number of nitrogens with one attached hydrogen (secondary N) is 2. The van der Waals surface area contributed by atoms with Gasteiger partial charge in [-0.25, -0.2) is 9.48 Å². The normalized spacial score (nSPS) is 12.3. The number of aliphatic hydroxyl groups excluding tert-OH is 1. The highest BCUT2D eigenvalue weighted by molar-refractivity contribution is 6.33. The van der Waals surface area contributed by atoms with Gasteiger partial charge < -0.3 is 20.8 Å². The van der Waals surface area contributed by atoms with E-state index in [4.69, 9.17) is 11.6 Å². The van der Waals surface area contributed by atoms with Gasteiger partial charge in [-0.3, -0.25) is 0 Å². The number of carboxylic acid groups (broad SMARTS) is 1. The molecule has 29 heavy (non-hydrogen) atoms. The molecule has 2 aromatic heterocycles. The summed E-state index contributed by atoms with van der Waals surface area (Å²) < 4.78 is 1.63. The molecule has 2 heterocycles. The van der Waals surface area contributed by atoms with Crippen LogP contribution in [0.5, 0.6) is 0 Å². The Labute approximate surface area is 171 Å². The number of aromatic nitrogens is 5. The lowest BCUT2D eigenvalue weighted by atomic mass is 10.1. The molecule has 0 saturated carbocycles. The number of fused-ring (bicyclic) bond motifs is 1. The molecule has 0 saturated heterocycles. The summed E-state index contributed by atoms with van der Waals surface area (Å²) in [5.41, 5.74) is 1.40. The molecule has 0 spiro atoms. The molecule has 3 aromatic rings. The van der Waals surface area contributed by atoms with Crippen LogP contribution >= 0.6 is 11.6 Å². The largest absolute Gasteiger partial charge is 0.478 e. The van der Waals surface area contributed by atoms with E-state index in [2.05, 4.69) is 30.9 Å². The van der Waals surface area contributed by atoms with Gasteiger partial charge in [0.2, 0.25) is 5.95 Å². The summed E-state index contributed by atoms with van der Waals surface area (Å²) in [6.45, 7) is 6.35. The predicted octanol–water partition coefficient (Wildman–Crippen LogP) is 2.77. The van der Waals surface area contributed by atoms with Crippen LogP contribution in [0.25, 0.3) is 11.2 Å². The summed E-state index contributed by atoms with van der Waals surface area (Å²) >= 11 is 5.95. The molecular weight excluding hydrogens is 398 g/mol.